The Morgan fingerprint density at radius 2 is 1.21 bits per heavy atom. The number of esters is 1. The highest BCUT2D eigenvalue weighted by atomic mass is 16.5. The van der Waals surface area contributed by atoms with Crippen molar-refractivity contribution in [3.05, 3.63) is 29.8 Å². The van der Waals surface area contributed by atoms with Crippen molar-refractivity contribution in [2.75, 3.05) is 6.61 Å². The van der Waals surface area contributed by atoms with Gasteiger partial charge in [-0.05, 0) is 36.1 Å². The van der Waals surface area contributed by atoms with Gasteiger partial charge in [0.2, 0.25) is 0 Å². The summed E-state index contributed by atoms with van der Waals surface area (Å²) in [5.74, 6) is -1.24. The number of benzene rings is 1. The molecule has 2 rings (SSSR count). The second-order valence-corrected chi connectivity index (χ2v) is 12.2. The maximum absolute atomic E-state index is 12.3. The highest BCUT2D eigenvalue weighted by Crippen LogP contribution is 2.33. The van der Waals surface area contributed by atoms with E-state index in [4.69, 9.17) is 4.74 Å². The van der Waals surface area contributed by atoms with E-state index < -0.39 is 5.92 Å². The first-order valence-corrected chi connectivity index (χ1v) is 15.7. The van der Waals surface area contributed by atoms with Crippen molar-refractivity contribution in [2.24, 2.45) is 16.3 Å². The molecule has 218 valence electrons. The van der Waals surface area contributed by atoms with Crippen molar-refractivity contribution in [1.29, 1.82) is 0 Å². The van der Waals surface area contributed by atoms with Crippen molar-refractivity contribution in [1.82, 2.24) is 0 Å². The van der Waals surface area contributed by atoms with Crippen LogP contribution in [0.15, 0.2) is 29.3 Å². The number of hydrogen-bond acceptors (Lipinski definition) is 5. The van der Waals surface area contributed by atoms with Crippen molar-refractivity contribution < 1.29 is 19.1 Å². The molecule has 0 amide bonds. The highest BCUT2D eigenvalue weighted by Gasteiger charge is 2.38. The first-order chi connectivity index (χ1) is 18.8. The summed E-state index contributed by atoms with van der Waals surface area (Å²) in [5, 5.41) is 0. The fourth-order valence-corrected chi connectivity index (χ4v) is 5.31. The molecule has 1 saturated carbocycles. The Hall–Kier alpha value is -2.30. The number of hydrogen-bond donors (Lipinski definition) is 0. The number of ether oxygens (including phenoxy) is 1. The van der Waals surface area contributed by atoms with E-state index in [9.17, 15) is 14.4 Å². The van der Waals surface area contributed by atoms with Gasteiger partial charge in [0.25, 0.3) is 0 Å². The molecule has 0 saturated heterocycles. The fourth-order valence-electron chi connectivity index (χ4n) is 5.31. The van der Waals surface area contributed by atoms with Crippen LogP contribution >= 0.6 is 0 Å². The van der Waals surface area contributed by atoms with Gasteiger partial charge < -0.3 is 4.74 Å². The quantitative estimate of drug-likeness (QED) is 0.0716. The number of rotatable bonds is 20. The van der Waals surface area contributed by atoms with E-state index in [0.717, 1.165) is 12.8 Å². The fraction of sp³-hybridized carbons (Fsp3) is 0.706. The summed E-state index contributed by atoms with van der Waals surface area (Å²) in [6.07, 6.45) is 23.3. The number of aliphatic imine (C=N–C) groups is 1. The maximum Gasteiger partial charge on any atom is 0.338 e. The molecule has 5 nitrogen and oxygen atoms in total. The van der Waals surface area contributed by atoms with Crippen LogP contribution in [-0.2, 0) is 14.3 Å². The predicted octanol–water partition coefficient (Wildman–Crippen LogP) is 9.38. The molecule has 1 aliphatic carbocycles. The number of ketones is 2. The Balaban J connectivity index is 1.48. The van der Waals surface area contributed by atoms with Gasteiger partial charge in [0.15, 0.2) is 0 Å². The number of carbonyl (C=O) groups excluding carboxylic acids is 3. The molecule has 0 radical (unpaired) electrons. The monoisotopic (exact) mass is 539 g/mol. The molecule has 5 heteroatoms. The van der Waals surface area contributed by atoms with Crippen LogP contribution in [0.3, 0.4) is 0 Å². The second kappa shape index (κ2) is 18.9. The van der Waals surface area contributed by atoms with Gasteiger partial charge in [0.05, 0.1) is 17.9 Å². The minimum absolute atomic E-state index is 0.0747. The van der Waals surface area contributed by atoms with Crippen molar-refractivity contribution in [3.8, 4) is 0 Å². The standard InChI is InChI=1S/C34H53NO4/c1-4-5-6-7-8-9-10-11-12-13-14-15-16-17-18-19-24-39-33(38)28-20-22-29(23-21-28)35-27-30-31(36)25-34(2,3)26-32(30)37/h20-23,27,30H,4-19,24-26H2,1-3H3. The van der Waals surface area contributed by atoms with Crippen molar-refractivity contribution in [2.45, 2.75) is 136 Å². The summed E-state index contributed by atoms with van der Waals surface area (Å²) in [6, 6.07) is 6.78. The molecule has 0 spiro atoms. The Morgan fingerprint density at radius 1 is 0.769 bits per heavy atom. The van der Waals surface area contributed by atoms with Gasteiger partial charge >= 0.3 is 5.97 Å². The van der Waals surface area contributed by atoms with E-state index in [2.05, 4.69) is 11.9 Å². The SMILES string of the molecule is CCCCCCCCCCCCCCCCCCOC(=O)c1ccc(N=CC2C(=O)CC(C)(C)CC2=O)cc1. The van der Waals surface area contributed by atoms with Gasteiger partial charge in [0.1, 0.15) is 17.5 Å². The third-order valence-corrected chi connectivity index (χ3v) is 7.71. The molecular weight excluding hydrogens is 486 g/mol. The third kappa shape index (κ3) is 14.1. The maximum atomic E-state index is 12.3. The molecule has 1 fully saturated rings. The summed E-state index contributed by atoms with van der Waals surface area (Å²) in [6.45, 7) is 6.59. The molecule has 0 atom stereocenters. The normalized spacial score (nSPS) is 15.8. The lowest BCUT2D eigenvalue weighted by atomic mass is 9.72. The van der Waals surface area contributed by atoms with Gasteiger partial charge in [-0.3, -0.25) is 14.6 Å². The third-order valence-electron chi connectivity index (χ3n) is 7.71. The molecule has 0 bridgehead atoms. The summed E-state index contributed by atoms with van der Waals surface area (Å²) >= 11 is 0. The van der Waals surface area contributed by atoms with Crippen LogP contribution in [0.5, 0.6) is 0 Å². The van der Waals surface area contributed by atoms with E-state index in [1.165, 1.54) is 96.1 Å². The topological polar surface area (TPSA) is 72.8 Å². The first-order valence-electron chi connectivity index (χ1n) is 15.7. The molecule has 0 aromatic heterocycles. The molecule has 0 unspecified atom stereocenters. The summed E-state index contributed by atoms with van der Waals surface area (Å²) in [4.78, 5) is 41.2. The second-order valence-electron chi connectivity index (χ2n) is 12.2. The van der Waals surface area contributed by atoms with Crippen LogP contribution in [0, 0.1) is 11.3 Å². The molecule has 1 aliphatic rings. The predicted molar refractivity (Wildman–Crippen MR) is 161 cm³/mol. The van der Waals surface area contributed by atoms with Gasteiger partial charge in [-0.1, -0.05) is 117 Å². The molecular formula is C34H53NO4. The smallest absolute Gasteiger partial charge is 0.338 e. The van der Waals surface area contributed by atoms with Gasteiger partial charge in [-0.25, -0.2) is 4.79 Å². The average Bonchev–Trinajstić information content (AvgIpc) is 2.89. The lowest BCUT2D eigenvalue weighted by Gasteiger charge is -2.30. The summed E-state index contributed by atoms with van der Waals surface area (Å²) < 4.78 is 5.42. The van der Waals surface area contributed by atoms with E-state index in [-0.39, 0.29) is 23.0 Å². The largest absolute Gasteiger partial charge is 0.462 e. The lowest BCUT2D eigenvalue weighted by Crippen LogP contribution is -2.38. The Bertz CT molecular complexity index is 867. The Kier molecular flexibility index (Phi) is 15.9. The summed E-state index contributed by atoms with van der Waals surface area (Å²) in [7, 11) is 0. The van der Waals surface area contributed by atoms with Crippen molar-refractivity contribution >= 4 is 29.4 Å². The van der Waals surface area contributed by atoms with E-state index in [1.807, 2.05) is 13.8 Å². The summed E-state index contributed by atoms with van der Waals surface area (Å²) in [5.41, 5.74) is 0.818. The van der Waals surface area contributed by atoms with Gasteiger partial charge in [-0.15, -0.1) is 0 Å². The molecule has 0 heterocycles. The van der Waals surface area contributed by atoms with Crippen LogP contribution in [-0.4, -0.2) is 30.4 Å². The molecule has 1 aromatic carbocycles. The van der Waals surface area contributed by atoms with Crippen LogP contribution < -0.4 is 0 Å². The van der Waals surface area contributed by atoms with E-state index >= 15 is 0 Å². The molecule has 0 N–H and O–H groups in total. The Morgan fingerprint density at radius 3 is 1.67 bits per heavy atom. The minimum atomic E-state index is -0.762. The lowest BCUT2D eigenvalue weighted by molar-refractivity contribution is -0.136. The molecule has 39 heavy (non-hydrogen) atoms. The van der Waals surface area contributed by atoms with Crippen LogP contribution in [0.4, 0.5) is 5.69 Å². The zero-order valence-corrected chi connectivity index (χ0v) is 25.0. The average molecular weight is 540 g/mol. The number of carbonyl (C=O) groups is 3. The van der Waals surface area contributed by atoms with E-state index in [1.54, 1.807) is 24.3 Å². The number of Topliss-reactive ketones (excluding diaryl/α,β-unsaturated/α-hetero) is 2. The van der Waals surface area contributed by atoms with Crippen LogP contribution in [0.1, 0.15) is 147 Å². The molecule has 1 aromatic rings. The minimum Gasteiger partial charge on any atom is -0.462 e. The first kappa shape index (κ1) is 32.9. The zero-order chi connectivity index (χ0) is 28.3. The van der Waals surface area contributed by atoms with Crippen LogP contribution in [0.2, 0.25) is 0 Å². The van der Waals surface area contributed by atoms with E-state index in [0.29, 0.717) is 30.7 Å². The van der Waals surface area contributed by atoms with Gasteiger partial charge in [0, 0.05) is 19.1 Å². The zero-order valence-electron chi connectivity index (χ0n) is 25.0. The number of unbranched alkanes of at least 4 members (excludes halogenated alkanes) is 15. The number of nitrogens with zero attached hydrogens (tertiary/aromatic N) is 1. The van der Waals surface area contributed by atoms with Crippen LogP contribution in [0.25, 0.3) is 0 Å². The Labute approximate surface area is 237 Å². The van der Waals surface area contributed by atoms with Crippen molar-refractivity contribution in [3.63, 3.8) is 0 Å². The highest BCUT2D eigenvalue weighted by molar-refractivity contribution is 6.16. The molecule has 0 aliphatic heterocycles. The van der Waals surface area contributed by atoms with Gasteiger partial charge in [-0.2, -0.15) is 0 Å².